The van der Waals surface area contributed by atoms with Crippen LogP contribution in [0.2, 0.25) is 5.02 Å². The van der Waals surface area contributed by atoms with Crippen LogP contribution >= 0.6 is 11.6 Å². The average Bonchev–Trinajstić information content (AvgIpc) is 2.35. The number of aromatic nitrogens is 2. The smallest absolute Gasteiger partial charge is 0.238 e. The Bertz CT molecular complexity index is 439. The van der Waals surface area contributed by atoms with E-state index < -0.39 is 0 Å². The Morgan fingerprint density at radius 2 is 2.11 bits per heavy atom. The molecule has 3 unspecified atom stereocenters. The second-order valence-corrected chi connectivity index (χ2v) is 6.24. The molecule has 1 aromatic heterocycles. The van der Waals surface area contributed by atoms with E-state index in [0.717, 1.165) is 6.42 Å². The van der Waals surface area contributed by atoms with Crippen LogP contribution in [0.25, 0.3) is 0 Å². The third kappa shape index (κ3) is 3.30. The molecule has 3 atom stereocenters. The molecule has 0 amide bonds. The minimum absolute atomic E-state index is 0.163. The maximum atomic E-state index is 6.10. The van der Waals surface area contributed by atoms with Crippen LogP contribution in [0.1, 0.15) is 40.0 Å². The van der Waals surface area contributed by atoms with E-state index in [9.17, 15) is 0 Å². The van der Waals surface area contributed by atoms with Crippen LogP contribution in [-0.2, 0) is 0 Å². The van der Waals surface area contributed by atoms with Gasteiger partial charge >= 0.3 is 0 Å². The van der Waals surface area contributed by atoms with Gasteiger partial charge in [0.1, 0.15) is 23.3 Å². The summed E-state index contributed by atoms with van der Waals surface area (Å²) < 4.78 is 6.05. The lowest BCUT2D eigenvalue weighted by molar-refractivity contribution is 0.0427. The molecule has 0 radical (unpaired) electrons. The number of halogens is 1. The van der Waals surface area contributed by atoms with E-state index in [0.29, 0.717) is 28.7 Å². The fourth-order valence-electron chi connectivity index (χ4n) is 2.84. The van der Waals surface area contributed by atoms with Gasteiger partial charge in [-0.3, -0.25) is 0 Å². The monoisotopic (exact) mass is 283 g/mol. The fourth-order valence-corrected chi connectivity index (χ4v) is 2.98. The SMILES string of the molecule is CC1CCC(C(C)C)C(Oc2ncnc(N)c2Cl)C1. The molecule has 0 aliphatic heterocycles. The van der Waals surface area contributed by atoms with Crippen LogP contribution < -0.4 is 10.5 Å². The van der Waals surface area contributed by atoms with Gasteiger partial charge in [0.2, 0.25) is 5.88 Å². The first kappa shape index (κ1) is 14.4. The van der Waals surface area contributed by atoms with Crippen LogP contribution in [-0.4, -0.2) is 16.1 Å². The molecule has 19 heavy (non-hydrogen) atoms. The Labute approximate surface area is 119 Å². The van der Waals surface area contributed by atoms with Crippen molar-refractivity contribution in [3.8, 4) is 5.88 Å². The molecule has 0 aromatic carbocycles. The molecule has 2 rings (SSSR count). The van der Waals surface area contributed by atoms with Crippen LogP contribution in [0.3, 0.4) is 0 Å². The molecular weight excluding hydrogens is 262 g/mol. The lowest BCUT2D eigenvalue weighted by Gasteiger charge is -2.37. The summed E-state index contributed by atoms with van der Waals surface area (Å²) in [5, 5.41) is 0.322. The summed E-state index contributed by atoms with van der Waals surface area (Å²) in [7, 11) is 0. The first-order chi connectivity index (χ1) is 8.99. The number of nitrogens with zero attached hydrogens (tertiary/aromatic N) is 2. The Kier molecular flexibility index (Phi) is 4.50. The maximum Gasteiger partial charge on any atom is 0.238 e. The summed E-state index contributed by atoms with van der Waals surface area (Å²) in [5.41, 5.74) is 5.68. The van der Waals surface area contributed by atoms with Crippen molar-refractivity contribution < 1.29 is 4.74 Å². The topological polar surface area (TPSA) is 61.0 Å². The van der Waals surface area contributed by atoms with Crippen LogP contribution in [0.15, 0.2) is 6.33 Å². The van der Waals surface area contributed by atoms with Gasteiger partial charge in [-0.25, -0.2) is 9.97 Å². The summed E-state index contributed by atoms with van der Waals surface area (Å²) >= 11 is 6.10. The highest BCUT2D eigenvalue weighted by Gasteiger charge is 2.33. The Morgan fingerprint density at radius 1 is 1.37 bits per heavy atom. The number of anilines is 1. The van der Waals surface area contributed by atoms with Crippen molar-refractivity contribution in [3.63, 3.8) is 0 Å². The van der Waals surface area contributed by atoms with Crippen molar-refractivity contribution in [2.24, 2.45) is 17.8 Å². The molecule has 1 fully saturated rings. The van der Waals surface area contributed by atoms with Crippen molar-refractivity contribution >= 4 is 17.4 Å². The Balaban J connectivity index is 2.16. The van der Waals surface area contributed by atoms with E-state index in [2.05, 4.69) is 30.7 Å². The van der Waals surface area contributed by atoms with E-state index in [1.54, 1.807) is 0 Å². The first-order valence-corrected chi connectivity index (χ1v) is 7.29. The van der Waals surface area contributed by atoms with Crippen LogP contribution in [0.4, 0.5) is 5.82 Å². The molecule has 4 nitrogen and oxygen atoms in total. The van der Waals surface area contributed by atoms with Gasteiger partial charge in [-0.1, -0.05) is 38.8 Å². The summed E-state index contributed by atoms with van der Waals surface area (Å²) in [6.07, 6.45) is 5.07. The normalized spacial score (nSPS) is 27.5. The molecule has 1 aromatic rings. The molecule has 0 saturated heterocycles. The third-order valence-corrected chi connectivity index (χ3v) is 4.36. The zero-order valence-corrected chi connectivity index (χ0v) is 12.5. The number of nitrogen functional groups attached to an aromatic ring is 1. The van der Waals surface area contributed by atoms with Crippen molar-refractivity contribution in [2.75, 3.05) is 5.73 Å². The molecule has 1 aliphatic carbocycles. The van der Waals surface area contributed by atoms with Crippen molar-refractivity contribution in [1.29, 1.82) is 0 Å². The highest BCUT2D eigenvalue weighted by Crippen LogP contribution is 2.37. The fraction of sp³-hybridized carbons (Fsp3) is 0.714. The predicted octanol–water partition coefficient (Wildman–Crippen LogP) is 3.55. The molecule has 1 heterocycles. The standard InChI is InChI=1S/C14H22ClN3O/c1-8(2)10-5-4-9(3)6-11(10)19-14-12(15)13(16)17-7-18-14/h7-11H,4-6H2,1-3H3,(H2,16,17,18). The number of hydrogen-bond donors (Lipinski definition) is 1. The van der Waals surface area contributed by atoms with E-state index >= 15 is 0 Å². The number of rotatable bonds is 3. The average molecular weight is 284 g/mol. The number of ether oxygens (including phenoxy) is 1. The molecule has 2 N–H and O–H groups in total. The van der Waals surface area contributed by atoms with Crippen molar-refractivity contribution in [2.45, 2.75) is 46.1 Å². The second kappa shape index (κ2) is 5.95. The minimum atomic E-state index is 0.163. The molecule has 5 heteroatoms. The molecular formula is C14H22ClN3O. The summed E-state index contributed by atoms with van der Waals surface area (Å²) in [6.45, 7) is 6.75. The zero-order valence-electron chi connectivity index (χ0n) is 11.8. The van der Waals surface area contributed by atoms with E-state index in [4.69, 9.17) is 22.1 Å². The van der Waals surface area contributed by atoms with E-state index in [-0.39, 0.29) is 11.9 Å². The lowest BCUT2D eigenvalue weighted by Crippen LogP contribution is -2.36. The van der Waals surface area contributed by atoms with Crippen LogP contribution in [0, 0.1) is 17.8 Å². The van der Waals surface area contributed by atoms with Gasteiger partial charge in [-0.15, -0.1) is 0 Å². The second-order valence-electron chi connectivity index (χ2n) is 5.86. The summed E-state index contributed by atoms with van der Waals surface area (Å²) in [4.78, 5) is 7.96. The zero-order chi connectivity index (χ0) is 14.0. The summed E-state index contributed by atoms with van der Waals surface area (Å²) in [6, 6.07) is 0. The van der Waals surface area contributed by atoms with Crippen molar-refractivity contribution in [3.05, 3.63) is 11.3 Å². The van der Waals surface area contributed by atoms with Crippen LogP contribution in [0.5, 0.6) is 5.88 Å². The minimum Gasteiger partial charge on any atom is -0.473 e. The number of hydrogen-bond acceptors (Lipinski definition) is 4. The molecule has 1 aliphatic rings. The number of nitrogens with two attached hydrogens (primary N) is 1. The summed E-state index contributed by atoms with van der Waals surface area (Å²) in [5.74, 6) is 2.51. The quantitative estimate of drug-likeness (QED) is 0.921. The van der Waals surface area contributed by atoms with Gasteiger partial charge in [-0.2, -0.15) is 0 Å². The highest BCUT2D eigenvalue weighted by molar-refractivity contribution is 6.33. The van der Waals surface area contributed by atoms with Gasteiger partial charge in [0, 0.05) is 0 Å². The Morgan fingerprint density at radius 3 is 2.79 bits per heavy atom. The third-order valence-electron chi connectivity index (χ3n) is 4.01. The van der Waals surface area contributed by atoms with Gasteiger partial charge in [-0.05, 0) is 30.6 Å². The van der Waals surface area contributed by atoms with Crippen molar-refractivity contribution in [1.82, 2.24) is 9.97 Å². The first-order valence-electron chi connectivity index (χ1n) is 6.91. The highest BCUT2D eigenvalue weighted by atomic mass is 35.5. The molecule has 0 bridgehead atoms. The van der Waals surface area contributed by atoms with Gasteiger partial charge in [0.25, 0.3) is 0 Å². The molecule has 0 spiro atoms. The largest absolute Gasteiger partial charge is 0.473 e. The van der Waals surface area contributed by atoms with E-state index in [1.165, 1.54) is 19.2 Å². The maximum absolute atomic E-state index is 6.10. The lowest BCUT2D eigenvalue weighted by atomic mass is 9.75. The van der Waals surface area contributed by atoms with E-state index in [1.807, 2.05) is 0 Å². The van der Waals surface area contributed by atoms with Gasteiger partial charge < -0.3 is 10.5 Å². The van der Waals surface area contributed by atoms with Gasteiger partial charge in [0.15, 0.2) is 0 Å². The van der Waals surface area contributed by atoms with Gasteiger partial charge in [0.05, 0.1) is 0 Å². The Hall–Kier alpha value is -1.03. The molecule has 1 saturated carbocycles. The predicted molar refractivity (Wildman–Crippen MR) is 77.2 cm³/mol. The molecule has 106 valence electrons.